The largest absolute Gasteiger partial charge is 0.427 e. The first kappa shape index (κ1) is 12.2. The van der Waals surface area contributed by atoms with Crippen LogP contribution in [-0.2, 0) is 9.59 Å². The lowest BCUT2D eigenvalue weighted by Crippen LogP contribution is -2.27. The number of hydrogen-bond donors (Lipinski definition) is 0. The van der Waals surface area contributed by atoms with Gasteiger partial charge in [0, 0.05) is 32.1 Å². The Balaban J connectivity index is 2.96. The van der Waals surface area contributed by atoms with Crippen molar-refractivity contribution < 1.29 is 14.3 Å². The average molecular weight is 221 g/mol. The summed E-state index contributed by atoms with van der Waals surface area (Å²) < 4.78 is 4.95. The van der Waals surface area contributed by atoms with Crippen molar-refractivity contribution in [3.05, 3.63) is 24.3 Å². The van der Waals surface area contributed by atoms with Gasteiger partial charge in [-0.3, -0.25) is 9.59 Å². The summed E-state index contributed by atoms with van der Waals surface area (Å²) in [6, 6.07) is 6.91. The monoisotopic (exact) mass is 221 g/mol. The van der Waals surface area contributed by atoms with Crippen LogP contribution < -0.4 is 9.64 Å². The molecule has 0 aliphatic heterocycles. The van der Waals surface area contributed by atoms with E-state index in [9.17, 15) is 9.59 Å². The van der Waals surface area contributed by atoms with Gasteiger partial charge in [-0.1, -0.05) is 6.07 Å². The third kappa shape index (κ3) is 3.08. The Morgan fingerprint density at radius 1 is 1.31 bits per heavy atom. The molecule has 0 spiro atoms. The van der Waals surface area contributed by atoms with Crippen LogP contribution in [0.3, 0.4) is 0 Å². The Kier molecular flexibility index (Phi) is 4.05. The van der Waals surface area contributed by atoms with E-state index in [0.717, 1.165) is 5.69 Å². The van der Waals surface area contributed by atoms with Gasteiger partial charge in [-0.05, 0) is 19.1 Å². The summed E-state index contributed by atoms with van der Waals surface area (Å²) in [5, 5.41) is 0. The predicted molar refractivity (Wildman–Crippen MR) is 61.5 cm³/mol. The molecule has 0 saturated carbocycles. The molecule has 0 aliphatic carbocycles. The summed E-state index contributed by atoms with van der Waals surface area (Å²) in [4.78, 5) is 23.7. The summed E-state index contributed by atoms with van der Waals surface area (Å²) in [5.41, 5.74) is 0.730. The van der Waals surface area contributed by atoms with Crippen LogP contribution in [0.25, 0.3) is 0 Å². The standard InChI is InChI=1S/C12H15NO3/c1-4-13(9(2)14)11-6-5-7-12(8-11)16-10(3)15/h5-8H,4H2,1-3H3. The first-order valence-corrected chi connectivity index (χ1v) is 5.11. The third-order valence-electron chi connectivity index (χ3n) is 2.09. The van der Waals surface area contributed by atoms with Crippen molar-refractivity contribution in [1.82, 2.24) is 0 Å². The van der Waals surface area contributed by atoms with Gasteiger partial charge in [-0.2, -0.15) is 0 Å². The number of rotatable bonds is 3. The Morgan fingerprint density at radius 3 is 2.50 bits per heavy atom. The summed E-state index contributed by atoms with van der Waals surface area (Å²) in [5.74, 6) is 0.0372. The third-order valence-corrected chi connectivity index (χ3v) is 2.09. The van der Waals surface area contributed by atoms with Crippen LogP contribution in [0.5, 0.6) is 5.75 Å². The molecular formula is C12H15NO3. The number of esters is 1. The summed E-state index contributed by atoms with van der Waals surface area (Å²) in [7, 11) is 0. The molecule has 0 fully saturated rings. The van der Waals surface area contributed by atoms with Crippen molar-refractivity contribution in [2.24, 2.45) is 0 Å². The highest BCUT2D eigenvalue weighted by Crippen LogP contribution is 2.21. The van der Waals surface area contributed by atoms with E-state index in [0.29, 0.717) is 12.3 Å². The van der Waals surface area contributed by atoms with Crippen LogP contribution >= 0.6 is 0 Å². The number of nitrogens with zero attached hydrogens (tertiary/aromatic N) is 1. The van der Waals surface area contributed by atoms with Gasteiger partial charge in [0.25, 0.3) is 0 Å². The molecule has 0 aromatic heterocycles. The first-order valence-electron chi connectivity index (χ1n) is 5.11. The van der Waals surface area contributed by atoms with Gasteiger partial charge in [-0.15, -0.1) is 0 Å². The summed E-state index contributed by atoms with van der Waals surface area (Å²) in [6.45, 7) is 5.32. The summed E-state index contributed by atoms with van der Waals surface area (Å²) in [6.07, 6.45) is 0. The van der Waals surface area contributed by atoms with E-state index in [2.05, 4.69) is 0 Å². The molecule has 0 atom stereocenters. The molecule has 86 valence electrons. The van der Waals surface area contributed by atoms with Crippen LogP contribution in [0.4, 0.5) is 5.69 Å². The van der Waals surface area contributed by atoms with Gasteiger partial charge in [-0.25, -0.2) is 0 Å². The highest BCUT2D eigenvalue weighted by molar-refractivity contribution is 5.91. The van der Waals surface area contributed by atoms with Crippen LogP contribution in [-0.4, -0.2) is 18.4 Å². The van der Waals surface area contributed by atoms with Gasteiger partial charge in [0.1, 0.15) is 5.75 Å². The van der Waals surface area contributed by atoms with E-state index in [-0.39, 0.29) is 11.9 Å². The molecule has 0 heterocycles. The second kappa shape index (κ2) is 5.30. The quantitative estimate of drug-likeness (QED) is 0.579. The number of amides is 1. The average Bonchev–Trinajstić information content (AvgIpc) is 2.17. The fourth-order valence-electron chi connectivity index (χ4n) is 1.47. The maximum atomic E-state index is 11.3. The highest BCUT2D eigenvalue weighted by Gasteiger charge is 2.09. The predicted octanol–water partition coefficient (Wildman–Crippen LogP) is 1.98. The van der Waals surface area contributed by atoms with E-state index in [1.54, 1.807) is 29.2 Å². The van der Waals surface area contributed by atoms with Gasteiger partial charge in [0.15, 0.2) is 0 Å². The molecule has 1 rings (SSSR count). The number of hydrogen-bond acceptors (Lipinski definition) is 3. The van der Waals surface area contributed by atoms with E-state index in [1.165, 1.54) is 13.8 Å². The van der Waals surface area contributed by atoms with Crippen molar-refractivity contribution in [2.75, 3.05) is 11.4 Å². The van der Waals surface area contributed by atoms with Crippen LogP contribution in [0.15, 0.2) is 24.3 Å². The Morgan fingerprint density at radius 2 is 2.00 bits per heavy atom. The Bertz CT molecular complexity index is 401. The van der Waals surface area contributed by atoms with Crippen molar-refractivity contribution >= 4 is 17.6 Å². The van der Waals surface area contributed by atoms with E-state index in [4.69, 9.17) is 4.74 Å². The molecule has 0 N–H and O–H groups in total. The first-order chi connectivity index (χ1) is 7.54. The molecular weight excluding hydrogens is 206 g/mol. The second-order valence-electron chi connectivity index (χ2n) is 3.35. The SMILES string of the molecule is CCN(C(C)=O)c1cccc(OC(C)=O)c1. The van der Waals surface area contributed by atoms with E-state index in [1.807, 2.05) is 6.92 Å². The topological polar surface area (TPSA) is 46.6 Å². The number of carbonyl (C=O) groups is 2. The number of anilines is 1. The van der Waals surface area contributed by atoms with Gasteiger partial charge in [0.05, 0.1) is 0 Å². The highest BCUT2D eigenvalue weighted by atomic mass is 16.5. The smallest absolute Gasteiger partial charge is 0.308 e. The second-order valence-corrected chi connectivity index (χ2v) is 3.35. The zero-order valence-electron chi connectivity index (χ0n) is 9.69. The minimum Gasteiger partial charge on any atom is -0.427 e. The van der Waals surface area contributed by atoms with Crippen molar-refractivity contribution in [2.45, 2.75) is 20.8 Å². The number of carbonyl (C=O) groups excluding carboxylic acids is 2. The van der Waals surface area contributed by atoms with Crippen molar-refractivity contribution in [3.63, 3.8) is 0 Å². The van der Waals surface area contributed by atoms with Crippen LogP contribution in [0, 0.1) is 0 Å². The number of ether oxygens (including phenoxy) is 1. The molecule has 0 unspecified atom stereocenters. The molecule has 0 bridgehead atoms. The maximum absolute atomic E-state index is 11.3. The van der Waals surface area contributed by atoms with E-state index >= 15 is 0 Å². The Hall–Kier alpha value is -1.84. The van der Waals surface area contributed by atoms with E-state index < -0.39 is 0 Å². The zero-order chi connectivity index (χ0) is 12.1. The van der Waals surface area contributed by atoms with Crippen LogP contribution in [0.1, 0.15) is 20.8 Å². The maximum Gasteiger partial charge on any atom is 0.308 e. The molecule has 16 heavy (non-hydrogen) atoms. The van der Waals surface area contributed by atoms with Crippen molar-refractivity contribution in [3.8, 4) is 5.75 Å². The molecule has 1 aromatic rings. The summed E-state index contributed by atoms with van der Waals surface area (Å²) >= 11 is 0. The zero-order valence-corrected chi connectivity index (χ0v) is 9.69. The molecule has 0 saturated heterocycles. The van der Waals surface area contributed by atoms with Gasteiger partial charge < -0.3 is 9.64 Å². The number of benzene rings is 1. The minimum atomic E-state index is -0.372. The molecule has 4 heteroatoms. The van der Waals surface area contributed by atoms with Gasteiger partial charge in [0.2, 0.25) is 5.91 Å². The molecule has 0 radical (unpaired) electrons. The van der Waals surface area contributed by atoms with Crippen molar-refractivity contribution in [1.29, 1.82) is 0 Å². The molecule has 4 nitrogen and oxygen atoms in total. The molecule has 1 amide bonds. The fraction of sp³-hybridized carbons (Fsp3) is 0.333. The lowest BCUT2D eigenvalue weighted by atomic mass is 10.2. The minimum absolute atomic E-state index is 0.0394. The van der Waals surface area contributed by atoms with Crippen LogP contribution in [0.2, 0.25) is 0 Å². The normalized spacial score (nSPS) is 9.69. The lowest BCUT2D eigenvalue weighted by Gasteiger charge is -2.19. The lowest BCUT2D eigenvalue weighted by molar-refractivity contribution is -0.131. The fourth-order valence-corrected chi connectivity index (χ4v) is 1.47. The Labute approximate surface area is 94.8 Å². The molecule has 1 aromatic carbocycles. The molecule has 0 aliphatic rings. The van der Waals surface area contributed by atoms with Gasteiger partial charge >= 0.3 is 5.97 Å².